The van der Waals surface area contributed by atoms with Crippen LogP contribution in [0.3, 0.4) is 0 Å². The van der Waals surface area contributed by atoms with E-state index in [9.17, 15) is 13.2 Å². The van der Waals surface area contributed by atoms with Gasteiger partial charge in [-0.25, -0.2) is 8.42 Å². The quantitative estimate of drug-likeness (QED) is 0.565. The van der Waals surface area contributed by atoms with Gasteiger partial charge in [0.15, 0.2) is 0 Å². The predicted octanol–water partition coefficient (Wildman–Crippen LogP) is 3.87. The molecule has 0 aliphatic carbocycles. The van der Waals surface area contributed by atoms with Crippen molar-refractivity contribution in [3.63, 3.8) is 0 Å². The van der Waals surface area contributed by atoms with E-state index in [-0.39, 0.29) is 11.7 Å². The minimum Gasteiger partial charge on any atom is -0.372 e. The number of nitrogens with zero attached hydrogens (tertiary/aromatic N) is 1. The summed E-state index contributed by atoms with van der Waals surface area (Å²) in [6.45, 7) is 1.77. The zero-order valence-corrected chi connectivity index (χ0v) is 18.6. The van der Waals surface area contributed by atoms with Crippen molar-refractivity contribution in [2.75, 3.05) is 16.6 Å². The third-order valence-electron chi connectivity index (χ3n) is 5.42. The molecule has 3 aromatic rings. The van der Waals surface area contributed by atoms with Crippen molar-refractivity contribution in [3.8, 4) is 0 Å². The number of nitrogens with one attached hydrogen (secondary N) is 1. The summed E-state index contributed by atoms with van der Waals surface area (Å²) in [4.78, 5) is 12.7. The Kier molecular flexibility index (Phi) is 6.87. The van der Waals surface area contributed by atoms with Crippen molar-refractivity contribution >= 4 is 21.6 Å². The van der Waals surface area contributed by atoms with E-state index in [2.05, 4.69) is 5.32 Å². The number of carbonyl (C=O) groups excluding carboxylic acids is 1. The summed E-state index contributed by atoms with van der Waals surface area (Å²) in [6, 6.07) is 24.6. The summed E-state index contributed by atoms with van der Waals surface area (Å²) in [5.74, 6) is -0.101. The molecule has 1 aliphatic rings. The minimum absolute atomic E-state index is 0.145. The molecule has 1 saturated heterocycles. The van der Waals surface area contributed by atoms with Crippen molar-refractivity contribution in [2.45, 2.75) is 26.2 Å². The van der Waals surface area contributed by atoms with Crippen molar-refractivity contribution in [2.24, 2.45) is 0 Å². The van der Waals surface area contributed by atoms with Crippen LogP contribution in [-0.4, -0.2) is 26.6 Å². The zero-order valence-electron chi connectivity index (χ0n) is 17.7. The molecule has 0 atom stereocenters. The van der Waals surface area contributed by atoms with Crippen LogP contribution >= 0.6 is 0 Å². The van der Waals surface area contributed by atoms with Gasteiger partial charge in [-0.15, -0.1) is 0 Å². The van der Waals surface area contributed by atoms with E-state index < -0.39 is 10.0 Å². The molecule has 1 aliphatic heterocycles. The number of sulfonamides is 1. The monoisotopic (exact) mass is 450 g/mol. The molecule has 0 aromatic heterocycles. The first-order chi connectivity index (χ1) is 15.5. The van der Waals surface area contributed by atoms with Gasteiger partial charge in [-0.3, -0.25) is 9.10 Å². The van der Waals surface area contributed by atoms with Crippen LogP contribution in [0.5, 0.6) is 0 Å². The van der Waals surface area contributed by atoms with Gasteiger partial charge in [0.25, 0.3) is 5.91 Å². The standard InChI is InChI=1S/C25H26N2O4S/c28-25(21-12-6-13-24(16-21)27-14-7-15-32(27,29)30)26-17-22-10-4-5-11-23(22)19-31-18-20-8-2-1-3-9-20/h1-6,8-13,16H,7,14-15,17-19H2,(H,26,28). The molecule has 4 rings (SSSR count). The average Bonchev–Trinajstić information content (AvgIpc) is 3.18. The van der Waals surface area contributed by atoms with Gasteiger partial charge in [-0.2, -0.15) is 0 Å². The Hall–Kier alpha value is -3.16. The second-order valence-electron chi connectivity index (χ2n) is 7.72. The van der Waals surface area contributed by atoms with Crippen LogP contribution in [-0.2, 0) is 34.5 Å². The number of hydrogen-bond acceptors (Lipinski definition) is 4. The molecule has 1 amide bonds. The van der Waals surface area contributed by atoms with Crippen molar-refractivity contribution in [1.29, 1.82) is 0 Å². The SMILES string of the molecule is O=C(NCc1ccccc1COCc1ccccc1)c1cccc(N2CCCS2(=O)=O)c1. The molecule has 0 saturated carbocycles. The smallest absolute Gasteiger partial charge is 0.251 e. The van der Waals surface area contributed by atoms with Crippen molar-refractivity contribution in [1.82, 2.24) is 5.32 Å². The Morgan fingerprint density at radius 1 is 0.906 bits per heavy atom. The molecule has 3 aromatic carbocycles. The highest BCUT2D eigenvalue weighted by atomic mass is 32.2. The molecule has 6 nitrogen and oxygen atoms in total. The third kappa shape index (κ3) is 5.36. The Morgan fingerprint density at radius 2 is 1.66 bits per heavy atom. The van der Waals surface area contributed by atoms with E-state index >= 15 is 0 Å². The average molecular weight is 451 g/mol. The first-order valence-electron chi connectivity index (χ1n) is 10.6. The fraction of sp³-hybridized carbons (Fsp3) is 0.240. The lowest BCUT2D eigenvalue weighted by Crippen LogP contribution is -2.26. The Balaban J connectivity index is 1.38. The molecule has 7 heteroatoms. The minimum atomic E-state index is -3.28. The summed E-state index contributed by atoms with van der Waals surface area (Å²) in [5.41, 5.74) is 4.07. The van der Waals surface area contributed by atoms with Crippen LogP contribution in [0.2, 0.25) is 0 Å². The van der Waals surface area contributed by atoms with Crippen LogP contribution < -0.4 is 9.62 Å². The van der Waals surface area contributed by atoms with Gasteiger partial charge >= 0.3 is 0 Å². The number of benzene rings is 3. The molecule has 1 heterocycles. The number of anilines is 1. The molecule has 0 radical (unpaired) electrons. The fourth-order valence-corrected chi connectivity index (χ4v) is 5.29. The van der Waals surface area contributed by atoms with E-state index in [0.29, 0.717) is 44.0 Å². The van der Waals surface area contributed by atoms with Crippen LogP contribution in [0.1, 0.15) is 33.5 Å². The lowest BCUT2D eigenvalue weighted by Gasteiger charge is -2.17. The summed E-state index contributed by atoms with van der Waals surface area (Å²) < 4.78 is 31.6. The van der Waals surface area contributed by atoms with Gasteiger partial charge in [-0.05, 0) is 41.3 Å². The van der Waals surface area contributed by atoms with Crippen LogP contribution in [0.15, 0.2) is 78.9 Å². The number of rotatable bonds is 8. The normalized spacial score (nSPS) is 14.9. The maximum absolute atomic E-state index is 12.7. The number of carbonyl (C=O) groups is 1. The first kappa shape index (κ1) is 22.0. The second kappa shape index (κ2) is 9.97. The lowest BCUT2D eigenvalue weighted by atomic mass is 10.1. The van der Waals surface area contributed by atoms with Crippen molar-refractivity contribution in [3.05, 3.63) is 101 Å². The summed E-state index contributed by atoms with van der Waals surface area (Å²) in [6.07, 6.45) is 0.599. The van der Waals surface area contributed by atoms with Crippen molar-refractivity contribution < 1.29 is 17.9 Å². The van der Waals surface area contributed by atoms with E-state index in [1.165, 1.54) is 4.31 Å². The summed E-state index contributed by atoms with van der Waals surface area (Å²) >= 11 is 0. The number of amides is 1. The maximum Gasteiger partial charge on any atom is 0.251 e. The lowest BCUT2D eigenvalue weighted by molar-refractivity contribution is 0.0947. The zero-order chi connectivity index (χ0) is 22.4. The van der Waals surface area contributed by atoms with Crippen LogP contribution in [0, 0.1) is 0 Å². The van der Waals surface area contributed by atoms with Gasteiger partial charge in [0.05, 0.1) is 24.7 Å². The van der Waals surface area contributed by atoms with Gasteiger partial charge in [-0.1, -0.05) is 60.7 Å². The highest BCUT2D eigenvalue weighted by Gasteiger charge is 2.28. The Labute approximate surface area is 188 Å². The number of hydrogen-bond donors (Lipinski definition) is 1. The Bertz CT molecular complexity index is 1180. The third-order valence-corrected chi connectivity index (χ3v) is 7.29. The summed E-state index contributed by atoms with van der Waals surface area (Å²) in [7, 11) is -3.28. The molecular formula is C25H26N2O4S. The van der Waals surface area contributed by atoms with Crippen LogP contribution in [0.25, 0.3) is 0 Å². The highest BCUT2D eigenvalue weighted by molar-refractivity contribution is 7.93. The van der Waals surface area contributed by atoms with E-state index in [0.717, 1.165) is 16.7 Å². The van der Waals surface area contributed by atoms with E-state index in [1.54, 1.807) is 24.3 Å². The summed E-state index contributed by atoms with van der Waals surface area (Å²) in [5, 5.41) is 2.94. The van der Waals surface area contributed by atoms with Gasteiger partial charge in [0.2, 0.25) is 10.0 Å². The van der Waals surface area contributed by atoms with Gasteiger partial charge in [0, 0.05) is 18.7 Å². The van der Waals surface area contributed by atoms with Gasteiger partial charge < -0.3 is 10.1 Å². The number of ether oxygens (including phenoxy) is 1. The van der Waals surface area contributed by atoms with E-state index in [1.807, 2.05) is 54.6 Å². The molecule has 1 N–H and O–H groups in total. The molecular weight excluding hydrogens is 424 g/mol. The van der Waals surface area contributed by atoms with Crippen LogP contribution in [0.4, 0.5) is 5.69 Å². The predicted molar refractivity (Wildman–Crippen MR) is 125 cm³/mol. The molecule has 32 heavy (non-hydrogen) atoms. The molecule has 0 spiro atoms. The molecule has 0 bridgehead atoms. The highest BCUT2D eigenvalue weighted by Crippen LogP contribution is 2.24. The van der Waals surface area contributed by atoms with E-state index in [4.69, 9.17) is 4.74 Å². The largest absolute Gasteiger partial charge is 0.372 e. The van der Waals surface area contributed by atoms with Gasteiger partial charge in [0.1, 0.15) is 0 Å². The fourth-order valence-electron chi connectivity index (χ4n) is 3.73. The Morgan fingerprint density at radius 3 is 2.41 bits per heavy atom. The first-order valence-corrected chi connectivity index (χ1v) is 12.2. The topological polar surface area (TPSA) is 75.7 Å². The second-order valence-corrected chi connectivity index (χ2v) is 9.73. The molecule has 0 unspecified atom stereocenters. The maximum atomic E-state index is 12.7. The molecule has 1 fully saturated rings. The molecule has 166 valence electrons.